The molecule has 88 valence electrons. The van der Waals surface area contributed by atoms with Gasteiger partial charge in [-0.1, -0.05) is 18.2 Å². The molecule has 2 rings (SSSR count). The van der Waals surface area contributed by atoms with Gasteiger partial charge < -0.3 is 10.5 Å². The van der Waals surface area contributed by atoms with Crippen LogP contribution in [0.15, 0.2) is 48.8 Å². The Balaban J connectivity index is 2.10. The van der Waals surface area contributed by atoms with Crippen LogP contribution in [0, 0.1) is 0 Å². The smallest absolute Gasteiger partial charge is 0.119 e. The fourth-order valence-corrected chi connectivity index (χ4v) is 1.77. The number of pyridine rings is 1. The Bertz CT molecular complexity index is 471. The molecule has 1 heterocycles. The van der Waals surface area contributed by atoms with E-state index in [2.05, 4.69) is 11.1 Å². The van der Waals surface area contributed by atoms with E-state index in [1.807, 2.05) is 36.5 Å². The molecule has 0 spiro atoms. The lowest BCUT2D eigenvalue weighted by Crippen LogP contribution is -2.13. The Morgan fingerprint density at radius 3 is 2.88 bits per heavy atom. The van der Waals surface area contributed by atoms with Crippen molar-refractivity contribution >= 4 is 0 Å². The van der Waals surface area contributed by atoms with Crippen LogP contribution in [0.3, 0.4) is 0 Å². The number of nitrogens with zero attached hydrogens (tertiary/aromatic N) is 1. The molecule has 0 fully saturated rings. The van der Waals surface area contributed by atoms with Crippen LogP contribution in [-0.4, -0.2) is 12.1 Å². The molecule has 3 heteroatoms. The van der Waals surface area contributed by atoms with Gasteiger partial charge in [-0.15, -0.1) is 0 Å². The molecule has 17 heavy (non-hydrogen) atoms. The second-order valence-electron chi connectivity index (χ2n) is 3.95. The summed E-state index contributed by atoms with van der Waals surface area (Å²) in [6.07, 6.45) is 4.34. The van der Waals surface area contributed by atoms with Crippen molar-refractivity contribution in [2.45, 2.75) is 12.5 Å². The van der Waals surface area contributed by atoms with E-state index in [1.165, 1.54) is 5.56 Å². The van der Waals surface area contributed by atoms with Gasteiger partial charge in [0, 0.05) is 18.4 Å². The summed E-state index contributed by atoms with van der Waals surface area (Å²) in [5.74, 6) is 0.862. The van der Waals surface area contributed by atoms with Gasteiger partial charge in [0.15, 0.2) is 0 Å². The fourth-order valence-electron chi connectivity index (χ4n) is 1.77. The molecule has 1 atom stereocenters. The summed E-state index contributed by atoms with van der Waals surface area (Å²) in [6.45, 7) is 0. The normalized spacial score (nSPS) is 12.1. The number of ether oxygens (including phenoxy) is 1. The molecular formula is C14H16N2O. The molecular weight excluding hydrogens is 212 g/mol. The molecule has 0 radical (unpaired) electrons. The van der Waals surface area contributed by atoms with Gasteiger partial charge in [-0.25, -0.2) is 0 Å². The first-order valence-corrected chi connectivity index (χ1v) is 5.58. The first-order valence-electron chi connectivity index (χ1n) is 5.58. The zero-order chi connectivity index (χ0) is 12.1. The Hall–Kier alpha value is -1.87. The van der Waals surface area contributed by atoms with Crippen LogP contribution in [0.2, 0.25) is 0 Å². The summed E-state index contributed by atoms with van der Waals surface area (Å²) in [4.78, 5) is 4.08. The van der Waals surface area contributed by atoms with E-state index in [-0.39, 0.29) is 6.04 Å². The van der Waals surface area contributed by atoms with E-state index in [4.69, 9.17) is 10.5 Å². The van der Waals surface area contributed by atoms with Crippen LogP contribution >= 0.6 is 0 Å². The molecule has 0 aliphatic heterocycles. The molecule has 0 saturated heterocycles. The molecule has 3 nitrogen and oxygen atoms in total. The van der Waals surface area contributed by atoms with Crippen molar-refractivity contribution in [2.24, 2.45) is 5.73 Å². The topological polar surface area (TPSA) is 48.1 Å². The maximum absolute atomic E-state index is 6.14. The zero-order valence-electron chi connectivity index (χ0n) is 9.84. The van der Waals surface area contributed by atoms with Gasteiger partial charge >= 0.3 is 0 Å². The number of hydrogen-bond donors (Lipinski definition) is 1. The number of nitrogens with two attached hydrogens (primary N) is 1. The Kier molecular flexibility index (Phi) is 3.73. The highest BCUT2D eigenvalue weighted by Crippen LogP contribution is 2.18. The van der Waals surface area contributed by atoms with Gasteiger partial charge in [0.25, 0.3) is 0 Å². The highest BCUT2D eigenvalue weighted by molar-refractivity contribution is 5.30. The number of rotatable bonds is 4. The number of hydrogen-bond acceptors (Lipinski definition) is 3. The van der Waals surface area contributed by atoms with E-state index in [9.17, 15) is 0 Å². The van der Waals surface area contributed by atoms with Crippen molar-refractivity contribution in [3.63, 3.8) is 0 Å². The zero-order valence-corrected chi connectivity index (χ0v) is 9.84. The van der Waals surface area contributed by atoms with Gasteiger partial charge in [0.05, 0.1) is 7.11 Å². The van der Waals surface area contributed by atoms with E-state index >= 15 is 0 Å². The third-order valence-corrected chi connectivity index (χ3v) is 2.70. The number of aromatic nitrogens is 1. The third-order valence-electron chi connectivity index (χ3n) is 2.70. The Labute approximate surface area is 101 Å². The number of methoxy groups -OCH3 is 1. The van der Waals surface area contributed by atoms with E-state index in [0.717, 1.165) is 17.7 Å². The summed E-state index contributed by atoms with van der Waals surface area (Å²) >= 11 is 0. The summed E-state index contributed by atoms with van der Waals surface area (Å²) in [5.41, 5.74) is 8.36. The minimum Gasteiger partial charge on any atom is -0.497 e. The average molecular weight is 228 g/mol. The maximum atomic E-state index is 6.14. The van der Waals surface area contributed by atoms with Gasteiger partial charge in [-0.3, -0.25) is 4.98 Å². The second kappa shape index (κ2) is 5.46. The Morgan fingerprint density at radius 1 is 1.29 bits per heavy atom. The highest BCUT2D eigenvalue weighted by Gasteiger charge is 2.07. The van der Waals surface area contributed by atoms with E-state index in [1.54, 1.807) is 13.3 Å². The predicted octanol–water partition coefficient (Wildman–Crippen LogP) is 2.33. The van der Waals surface area contributed by atoms with Crippen molar-refractivity contribution in [3.8, 4) is 5.75 Å². The lowest BCUT2D eigenvalue weighted by atomic mass is 10.0. The van der Waals surface area contributed by atoms with Crippen molar-refractivity contribution in [3.05, 3.63) is 59.9 Å². The van der Waals surface area contributed by atoms with Crippen LogP contribution in [0.25, 0.3) is 0 Å². The highest BCUT2D eigenvalue weighted by atomic mass is 16.5. The molecule has 0 amide bonds. The second-order valence-corrected chi connectivity index (χ2v) is 3.95. The maximum Gasteiger partial charge on any atom is 0.119 e. The van der Waals surface area contributed by atoms with Crippen LogP contribution in [0.1, 0.15) is 17.2 Å². The van der Waals surface area contributed by atoms with E-state index in [0.29, 0.717) is 0 Å². The fraction of sp³-hybridized carbons (Fsp3) is 0.214. The largest absolute Gasteiger partial charge is 0.497 e. The van der Waals surface area contributed by atoms with Crippen LogP contribution < -0.4 is 10.5 Å². The lowest BCUT2D eigenvalue weighted by Gasteiger charge is -2.12. The van der Waals surface area contributed by atoms with Gasteiger partial charge in [0.1, 0.15) is 5.75 Å². The summed E-state index contributed by atoms with van der Waals surface area (Å²) in [6, 6.07) is 11.8. The number of benzene rings is 1. The molecule has 0 bridgehead atoms. The molecule has 1 aromatic heterocycles. The van der Waals surface area contributed by atoms with Gasteiger partial charge in [0.2, 0.25) is 0 Å². The Morgan fingerprint density at radius 2 is 2.18 bits per heavy atom. The first kappa shape index (κ1) is 11.6. The minimum absolute atomic E-state index is 0.0317. The molecule has 0 aliphatic rings. The molecule has 0 aliphatic carbocycles. The van der Waals surface area contributed by atoms with Crippen LogP contribution in [0.5, 0.6) is 5.75 Å². The minimum atomic E-state index is -0.0317. The summed E-state index contributed by atoms with van der Waals surface area (Å²) in [7, 11) is 1.67. The molecule has 2 aromatic rings. The predicted molar refractivity (Wildman–Crippen MR) is 67.9 cm³/mol. The lowest BCUT2D eigenvalue weighted by molar-refractivity contribution is 0.414. The van der Waals surface area contributed by atoms with Crippen molar-refractivity contribution in [1.29, 1.82) is 0 Å². The van der Waals surface area contributed by atoms with Crippen LogP contribution in [-0.2, 0) is 6.42 Å². The third kappa shape index (κ3) is 3.04. The quantitative estimate of drug-likeness (QED) is 0.873. The molecule has 1 unspecified atom stereocenters. The molecule has 1 aromatic carbocycles. The summed E-state index contributed by atoms with van der Waals surface area (Å²) < 4.78 is 5.19. The standard InChI is InChI=1S/C14H16N2O/c1-17-13-6-2-4-11(8-13)9-14(15)12-5-3-7-16-10-12/h2-8,10,14H,9,15H2,1H3. The van der Waals surface area contributed by atoms with Gasteiger partial charge in [-0.05, 0) is 35.7 Å². The first-order chi connectivity index (χ1) is 8.29. The van der Waals surface area contributed by atoms with Gasteiger partial charge in [-0.2, -0.15) is 0 Å². The summed E-state index contributed by atoms with van der Waals surface area (Å²) in [5, 5.41) is 0. The monoisotopic (exact) mass is 228 g/mol. The van der Waals surface area contributed by atoms with Crippen LogP contribution in [0.4, 0.5) is 0 Å². The molecule has 2 N–H and O–H groups in total. The van der Waals surface area contributed by atoms with Crippen molar-refractivity contribution in [1.82, 2.24) is 4.98 Å². The average Bonchev–Trinajstić information content (AvgIpc) is 2.40. The van der Waals surface area contributed by atoms with Crippen molar-refractivity contribution < 1.29 is 4.74 Å². The SMILES string of the molecule is COc1cccc(CC(N)c2cccnc2)c1. The molecule has 0 saturated carbocycles. The van der Waals surface area contributed by atoms with E-state index < -0.39 is 0 Å². The van der Waals surface area contributed by atoms with Crippen molar-refractivity contribution in [2.75, 3.05) is 7.11 Å².